The van der Waals surface area contributed by atoms with Gasteiger partial charge in [-0.3, -0.25) is 0 Å². The minimum Gasteiger partial charge on any atom is -0.493 e. The molecule has 0 aromatic heterocycles. The van der Waals surface area contributed by atoms with Crippen molar-refractivity contribution in [2.24, 2.45) is 0 Å². The van der Waals surface area contributed by atoms with Crippen molar-refractivity contribution in [2.75, 3.05) is 42.7 Å². The first kappa shape index (κ1) is 28.6. The Kier molecular flexibility index (Phi) is 9.76. The Labute approximate surface area is 236 Å². The molecule has 0 aliphatic rings. The second-order valence-electron chi connectivity index (χ2n) is 9.17. The fourth-order valence-corrected chi connectivity index (χ4v) is 4.97. The van der Waals surface area contributed by atoms with Crippen LogP contribution in [0.3, 0.4) is 0 Å². The predicted octanol–water partition coefficient (Wildman–Crippen LogP) is 6.40. The van der Waals surface area contributed by atoms with Crippen molar-refractivity contribution in [1.29, 1.82) is 0 Å². The van der Waals surface area contributed by atoms with E-state index in [1.54, 1.807) is 42.7 Å². The normalized spacial score (nSPS) is 11.6. The van der Waals surface area contributed by atoms with Crippen LogP contribution < -0.4 is 33.7 Å². The summed E-state index contributed by atoms with van der Waals surface area (Å²) in [6.45, 7) is 0.650. The summed E-state index contributed by atoms with van der Waals surface area (Å²) < 4.78 is 33.7. The molecule has 210 valence electrons. The molecule has 1 atom stereocenters. The lowest BCUT2D eigenvalue weighted by atomic mass is 9.81. The summed E-state index contributed by atoms with van der Waals surface area (Å²) in [5, 5.41) is 3.83. The first-order valence-corrected chi connectivity index (χ1v) is 13.0. The van der Waals surface area contributed by atoms with Gasteiger partial charge in [0.15, 0.2) is 34.5 Å². The van der Waals surface area contributed by atoms with E-state index in [0.29, 0.717) is 41.0 Å². The Morgan fingerprint density at radius 3 is 1.30 bits per heavy atom. The lowest BCUT2D eigenvalue weighted by Crippen LogP contribution is -2.28. The Hall–Kier alpha value is -4.36. The third kappa shape index (κ3) is 6.26. The first-order chi connectivity index (χ1) is 19.6. The van der Waals surface area contributed by atoms with Crippen LogP contribution in [0.1, 0.15) is 34.2 Å². The molecule has 4 aromatic carbocycles. The molecule has 7 heteroatoms. The zero-order valence-electron chi connectivity index (χ0n) is 23.9. The zero-order valence-corrected chi connectivity index (χ0v) is 23.9. The van der Waals surface area contributed by atoms with Gasteiger partial charge in [-0.05, 0) is 58.7 Å². The maximum absolute atomic E-state index is 5.70. The molecule has 0 saturated carbocycles. The molecule has 0 fully saturated rings. The Bertz CT molecular complexity index is 1340. The quantitative estimate of drug-likeness (QED) is 0.209. The van der Waals surface area contributed by atoms with Gasteiger partial charge < -0.3 is 33.7 Å². The number of ether oxygens (including phenoxy) is 6. The van der Waals surface area contributed by atoms with Gasteiger partial charge in [0, 0.05) is 18.5 Å². The van der Waals surface area contributed by atoms with Crippen LogP contribution in [0.4, 0.5) is 0 Å². The van der Waals surface area contributed by atoms with Gasteiger partial charge in [-0.2, -0.15) is 0 Å². The number of hydrogen-bond donors (Lipinski definition) is 1. The highest BCUT2D eigenvalue weighted by Gasteiger charge is 2.29. The summed E-state index contributed by atoms with van der Waals surface area (Å²) in [6.07, 6.45) is 0. The molecule has 0 saturated heterocycles. The van der Waals surface area contributed by atoms with Gasteiger partial charge >= 0.3 is 0 Å². The van der Waals surface area contributed by atoms with Crippen LogP contribution >= 0.6 is 0 Å². The average molecular weight is 544 g/mol. The molecule has 0 spiro atoms. The van der Waals surface area contributed by atoms with E-state index in [1.807, 2.05) is 54.6 Å². The van der Waals surface area contributed by atoms with E-state index < -0.39 is 0 Å². The van der Waals surface area contributed by atoms with Crippen LogP contribution in [-0.4, -0.2) is 42.7 Å². The van der Waals surface area contributed by atoms with Crippen molar-refractivity contribution < 1.29 is 28.4 Å². The number of methoxy groups -OCH3 is 6. The molecule has 40 heavy (non-hydrogen) atoms. The smallest absolute Gasteiger partial charge is 0.161 e. The zero-order chi connectivity index (χ0) is 28.5. The van der Waals surface area contributed by atoms with Crippen LogP contribution in [0.2, 0.25) is 0 Å². The summed E-state index contributed by atoms with van der Waals surface area (Å²) >= 11 is 0. The standard InChI is InChI=1S/C33H37NO6/c1-35-26-15-12-23(18-29(26)38-4)32(24-13-16-27(36-2)30(19-24)39-5)33(34-21-22-10-8-7-9-11-22)25-14-17-28(37-3)31(20-25)40-6/h7-20,32-34H,21H2,1-6H3. The van der Waals surface area contributed by atoms with Crippen molar-refractivity contribution in [2.45, 2.75) is 18.5 Å². The minimum absolute atomic E-state index is 0.165. The number of benzene rings is 4. The van der Waals surface area contributed by atoms with Crippen LogP contribution in [-0.2, 0) is 6.54 Å². The molecule has 0 aliphatic carbocycles. The van der Waals surface area contributed by atoms with E-state index >= 15 is 0 Å². The molecule has 4 aromatic rings. The van der Waals surface area contributed by atoms with Gasteiger partial charge in [-0.15, -0.1) is 0 Å². The molecule has 1 N–H and O–H groups in total. The Morgan fingerprint density at radius 2 is 0.875 bits per heavy atom. The van der Waals surface area contributed by atoms with Gasteiger partial charge in [0.25, 0.3) is 0 Å². The summed E-state index contributed by atoms with van der Waals surface area (Å²) in [5.41, 5.74) is 4.27. The van der Waals surface area contributed by atoms with Crippen LogP contribution in [0, 0.1) is 0 Å². The molecule has 1 unspecified atom stereocenters. The van der Waals surface area contributed by atoms with Crippen molar-refractivity contribution in [3.63, 3.8) is 0 Å². The van der Waals surface area contributed by atoms with Crippen molar-refractivity contribution in [1.82, 2.24) is 5.32 Å². The molecule has 7 nitrogen and oxygen atoms in total. The average Bonchev–Trinajstić information content (AvgIpc) is 3.02. The van der Waals surface area contributed by atoms with Crippen molar-refractivity contribution in [3.8, 4) is 34.5 Å². The fraction of sp³-hybridized carbons (Fsp3) is 0.273. The molecular formula is C33H37NO6. The summed E-state index contributed by atoms with van der Waals surface area (Å²) in [5.74, 6) is 3.79. The summed E-state index contributed by atoms with van der Waals surface area (Å²) in [7, 11) is 9.85. The maximum atomic E-state index is 5.70. The van der Waals surface area contributed by atoms with Crippen LogP contribution in [0.5, 0.6) is 34.5 Å². The van der Waals surface area contributed by atoms with Gasteiger partial charge in [0.05, 0.1) is 42.7 Å². The second-order valence-corrected chi connectivity index (χ2v) is 9.17. The lowest BCUT2D eigenvalue weighted by molar-refractivity contribution is 0.351. The molecular weight excluding hydrogens is 506 g/mol. The van der Waals surface area contributed by atoms with Crippen LogP contribution in [0.15, 0.2) is 84.9 Å². The Morgan fingerprint density at radius 1 is 0.475 bits per heavy atom. The summed E-state index contributed by atoms with van der Waals surface area (Å²) in [4.78, 5) is 0. The molecule has 4 rings (SSSR count). The van der Waals surface area contributed by atoms with Gasteiger partial charge in [-0.25, -0.2) is 0 Å². The highest BCUT2D eigenvalue weighted by Crippen LogP contribution is 2.44. The number of hydrogen-bond acceptors (Lipinski definition) is 7. The first-order valence-electron chi connectivity index (χ1n) is 13.0. The van der Waals surface area contributed by atoms with E-state index in [0.717, 1.165) is 16.7 Å². The second kappa shape index (κ2) is 13.6. The lowest BCUT2D eigenvalue weighted by Gasteiger charge is -2.31. The molecule has 0 heterocycles. The van der Waals surface area contributed by atoms with E-state index in [2.05, 4.69) is 35.6 Å². The van der Waals surface area contributed by atoms with E-state index in [9.17, 15) is 0 Å². The van der Waals surface area contributed by atoms with Gasteiger partial charge in [-0.1, -0.05) is 48.5 Å². The highest BCUT2D eigenvalue weighted by molar-refractivity contribution is 5.52. The topological polar surface area (TPSA) is 67.4 Å². The van der Waals surface area contributed by atoms with Gasteiger partial charge in [0.2, 0.25) is 0 Å². The predicted molar refractivity (Wildman–Crippen MR) is 157 cm³/mol. The van der Waals surface area contributed by atoms with Gasteiger partial charge in [0.1, 0.15) is 0 Å². The number of nitrogens with one attached hydrogen (secondary N) is 1. The SMILES string of the molecule is COc1ccc(C(NCc2ccccc2)C(c2ccc(OC)c(OC)c2)c2ccc(OC)c(OC)c2)cc1OC. The van der Waals surface area contributed by atoms with Crippen molar-refractivity contribution in [3.05, 3.63) is 107 Å². The third-order valence-corrected chi connectivity index (χ3v) is 7.00. The molecule has 0 bridgehead atoms. The molecule has 0 aliphatic heterocycles. The van der Waals surface area contributed by atoms with Crippen LogP contribution in [0.25, 0.3) is 0 Å². The monoisotopic (exact) mass is 543 g/mol. The number of rotatable bonds is 13. The fourth-order valence-electron chi connectivity index (χ4n) is 4.97. The molecule has 0 amide bonds. The molecule has 0 radical (unpaired) electrons. The van der Waals surface area contributed by atoms with E-state index in [1.165, 1.54) is 5.56 Å². The minimum atomic E-state index is -0.184. The largest absolute Gasteiger partial charge is 0.493 e. The third-order valence-electron chi connectivity index (χ3n) is 7.00. The van der Waals surface area contributed by atoms with Crippen molar-refractivity contribution >= 4 is 0 Å². The Balaban J connectivity index is 1.92. The maximum Gasteiger partial charge on any atom is 0.161 e. The van der Waals surface area contributed by atoms with E-state index in [4.69, 9.17) is 28.4 Å². The summed E-state index contributed by atoms with van der Waals surface area (Å²) in [6, 6.07) is 28.2. The van der Waals surface area contributed by atoms with E-state index in [-0.39, 0.29) is 12.0 Å². The highest BCUT2D eigenvalue weighted by atomic mass is 16.5.